The minimum absolute atomic E-state index is 0.0268. The molecule has 0 radical (unpaired) electrons. The fourth-order valence-electron chi connectivity index (χ4n) is 4.22. The van der Waals surface area contributed by atoms with Gasteiger partial charge in [0.15, 0.2) is 23.0 Å². The minimum atomic E-state index is -0.272. The fraction of sp³-hybridized carbons (Fsp3) is 0.409. The summed E-state index contributed by atoms with van der Waals surface area (Å²) in [6, 6.07) is 7.65. The standard InChI is InChI=1S/C22H22O8/c1-24-16-5-12(7-18-20(16)29-10-27-18)3-14-9-26-22(23)15(14)4-13-6-17(25-2)21-19(8-13)28-11-30-21/h5-8,14-15H,3-4,9-11H2,1-2H3/t14-,15+/m1/s1. The van der Waals surface area contributed by atoms with Crippen LogP contribution < -0.4 is 28.4 Å². The van der Waals surface area contributed by atoms with Crippen LogP contribution in [0, 0.1) is 11.8 Å². The molecule has 8 heteroatoms. The van der Waals surface area contributed by atoms with Gasteiger partial charge in [0.2, 0.25) is 25.1 Å². The number of benzene rings is 2. The van der Waals surface area contributed by atoms with E-state index in [1.54, 1.807) is 14.2 Å². The predicted octanol–water partition coefficient (Wildman–Crippen LogP) is 2.74. The third kappa shape index (κ3) is 3.22. The number of rotatable bonds is 6. The van der Waals surface area contributed by atoms with Crippen molar-refractivity contribution in [2.75, 3.05) is 34.4 Å². The molecule has 8 nitrogen and oxygen atoms in total. The molecule has 0 aromatic heterocycles. The van der Waals surface area contributed by atoms with E-state index in [0.29, 0.717) is 53.9 Å². The Bertz CT molecular complexity index is 986. The number of fused-ring (bicyclic) bond motifs is 2. The van der Waals surface area contributed by atoms with Gasteiger partial charge in [0, 0.05) is 5.92 Å². The molecule has 0 bridgehead atoms. The number of carbonyl (C=O) groups excluding carboxylic acids is 1. The van der Waals surface area contributed by atoms with E-state index in [0.717, 1.165) is 11.1 Å². The van der Waals surface area contributed by atoms with Crippen molar-refractivity contribution in [2.45, 2.75) is 12.8 Å². The van der Waals surface area contributed by atoms with Gasteiger partial charge in [-0.2, -0.15) is 0 Å². The summed E-state index contributed by atoms with van der Waals surface area (Å²) in [4.78, 5) is 12.5. The smallest absolute Gasteiger partial charge is 0.309 e. The van der Waals surface area contributed by atoms with Crippen LogP contribution in [0.4, 0.5) is 0 Å². The average Bonchev–Trinajstić information content (AvgIpc) is 3.49. The lowest BCUT2D eigenvalue weighted by Gasteiger charge is -2.17. The molecule has 1 saturated heterocycles. The van der Waals surface area contributed by atoms with Gasteiger partial charge in [0.05, 0.1) is 26.7 Å². The summed E-state index contributed by atoms with van der Waals surface area (Å²) in [7, 11) is 3.18. The van der Waals surface area contributed by atoms with Gasteiger partial charge in [-0.3, -0.25) is 4.79 Å². The van der Waals surface area contributed by atoms with Crippen LogP contribution in [-0.4, -0.2) is 40.4 Å². The molecule has 30 heavy (non-hydrogen) atoms. The summed E-state index contributed by atoms with van der Waals surface area (Å²) in [5, 5.41) is 0. The first-order valence-corrected chi connectivity index (χ1v) is 9.76. The van der Waals surface area contributed by atoms with Crippen molar-refractivity contribution < 1.29 is 38.0 Å². The molecule has 0 spiro atoms. The second-order valence-corrected chi connectivity index (χ2v) is 7.47. The Morgan fingerprint density at radius 1 is 0.800 bits per heavy atom. The fourth-order valence-corrected chi connectivity index (χ4v) is 4.22. The van der Waals surface area contributed by atoms with E-state index in [2.05, 4.69) is 0 Å². The summed E-state index contributed by atoms with van der Waals surface area (Å²) in [6.45, 7) is 0.714. The van der Waals surface area contributed by atoms with E-state index in [4.69, 9.17) is 33.2 Å². The Balaban J connectivity index is 1.38. The molecule has 3 aliphatic rings. The molecule has 3 aliphatic heterocycles. The lowest BCUT2D eigenvalue weighted by molar-refractivity contribution is -0.141. The highest BCUT2D eigenvalue weighted by molar-refractivity contribution is 5.75. The van der Waals surface area contributed by atoms with Crippen LogP contribution in [0.25, 0.3) is 0 Å². The quantitative estimate of drug-likeness (QED) is 0.668. The van der Waals surface area contributed by atoms with Crippen molar-refractivity contribution in [3.63, 3.8) is 0 Å². The lowest BCUT2D eigenvalue weighted by atomic mass is 9.85. The Morgan fingerprint density at radius 3 is 1.93 bits per heavy atom. The molecule has 0 N–H and O–H groups in total. The van der Waals surface area contributed by atoms with Gasteiger partial charge >= 0.3 is 5.97 Å². The van der Waals surface area contributed by atoms with Crippen LogP contribution in [0.3, 0.4) is 0 Å². The monoisotopic (exact) mass is 414 g/mol. The number of cyclic esters (lactones) is 1. The zero-order valence-electron chi connectivity index (χ0n) is 16.8. The van der Waals surface area contributed by atoms with E-state index in [-0.39, 0.29) is 31.4 Å². The summed E-state index contributed by atoms with van der Waals surface area (Å²) >= 11 is 0. The normalized spacial score (nSPS) is 20.9. The molecule has 0 aliphatic carbocycles. The van der Waals surface area contributed by atoms with Gasteiger partial charge < -0.3 is 33.2 Å². The number of carbonyl (C=O) groups is 1. The second-order valence-electron chi connectivity index (χ2n) is 7.47. The van der Waals surface area contributed by atoms with Crippen molar-refractivity contribution in [2.24, 2.45) is 11.8 Å². The highest BCUT2D eigenvalue weighted by Gasteiger charge is 2.38. The van der Waals surface area contributed by atoms with Gasteiger partial charge in [0.25, 0.3) is 0 Å². The Labute approximate surface area is 173 Å². The van der Waals surface area contributed by atoms with E-state index in [9.17, 15) is 4.79 Å². The molecule has 5 rings (SSSR count). The molecule has 3 heterocycles. The number of esters is 1. The zero-order valence-corrected chi connectivity index (χ0v) is 16.8. The summed E-state index contributed by atoms with van der Waals surface area (Å²) in [6.07, 6.45) is 1.18. The third-order valence-electron chi connectivity index (χ3n) is 5.70. The first-order valence-electron chi connectivity index (χ1n) is 9.76. The molecule has 158 valence electrons. The van der Waals surface area contributed by atoms with Crippen molar-refractivity contribution in [1.29, 1.82) is 0 Å². The summed E-state index contributed by atoms with van der Waals surface area (Å²) in [5.41, 5.74) is 1.95. The van der Waals surface area contributed by atoms with Gasteiger partial charge in [-0.25, -0.2) is 0 Å². The van der Waals surface area contributed by atoms with Crippen LogP contribution in [0.5, 0.6) is 34.5 Å². The van der Waals surface area contributed by atoms with Crippen molar-refractivity contribution >= 4 is 5.97 Å². The molecule has 1 fully saturated rings. The van der Waals surface area contributed by atoms with Crippen molar-refractivity contribution in [1.82, 2.24) is 0 Å². The molecule has 0 saturated carbocycles. The van der Waals surface area contributed by atoms with Crippen molar-refractivity contribution in [3.8, 4) is 34.5 Å². The molecule has 0 amide bonds. The maximum atomic E-state index is 12.5. The van der Waals surface area contributed by atoms with Crippen LogP contribution in [0.15, 0.2) is 24.3 Å². The molecular formula is C22H22O8. The Kier molecular flexibility index (Phi) is 4.69. The van der Waals surface area contributed by atoms with E-state index < -0.39 is 0 Å². The second kappa shape index (κ2) is 7.51. The van der Waals surface area contributed by atoms with E-state index in [1.807, 2.05) is 24.3 Å². The topological polar surface area (TPSA) is 81.7 Å². The highest BCUT2D eigenvalue weighted by Crippen LogP contribution is 2.44. The molecule has 2 aromatic carbocycles. The average molecular weight is 414 g/mol. The van der Waals surface area contributed by atoms with Crippen molar-refractivity contribution in [3.05, 3.63) is 35.4 Å². The number of hydrogen-bond donors (Lipinski definition) is 0. The summed E-state index contributed by atoms with van der Waals surface area (Å²) < 4.78 is 38.2. The number of methoxy groups -OCH3 is 2. The van der Waals surface area contributed by atoms with Crippen LogP contribution in [0.2, 0.25) is 0 Å². The molecule has 0 unspecified atom stereocenters. The maximum Gasteiger partial charge on any atom is 0.309 e. The SMILES string of the molecule is COc1cc(C[C@@H]2COC(=O)[C@H]2Cc2cc(OC)c3c(c2)OCO3)cc2c1OCO2. The predicted molar refractivity (Wildman–Crippen MR) is 104 cm³/mol. The van der Waals surface area contributed by atoms with E-state index in [1.165, 1.54) is 0 Å². The zero-order chi connectivity index (χ0) is 20.7. The van der Waals surface area contributed by atoms with Gasteiger partial charge in [-0.1, -0.05) is 0 Å². The lowest BCUT2D eigenvalue weighted by Crippen LogP contribution is -2.20. The molecule has 2 aromatic rings. The minimum Gasteiger partial charge on any atom is -0.493 e. The first kappa shape index (κ1) is 18.7. The molecular weight excluding hydrogens is 392 g/mol. The van der Waals surface area contributed by atoms with Gasteiger partial charge in [-0.05, 0) is 48.2 Å². The first-order chi connectivity index (χ1) is 14.7. The Hall–Kier alpha value is -3.29. The highest BCUT2D eigenvalue weighted by atomic mass is 16.7. The largest absolute Gasteiger partial charge is 0.493 e. The van der Waals surface area contributed by atoms with Gasteiger partial charge in [-0.15, -0.1) is 0 Å². The number of ether oxygens (including phenoxy) is 7. The van der Waals surface area contributed by atoms with E-state index >= 15 is 0 Å². The molecule has 2 atom stereocenters. The van der Waals surface area contributed by atoms with Crippen LogP contribution in [-0.2, 0) is 22.4 Å². The maximum absolute atomic E-state index is 12.5. The third-order valence-corrected chi connectivity index (χ3v) is 5.70. The summed E-state index contributed by atoms with van der Waals surface area (Å²) in [5.74, 6) is 3.29. The van der Waals surface area contributed by atoms with Crippen LogP contribution >= 0.6 is 0 Å². The Morgan fingerprint density at radius 2 is 1.37 bits per heavy atom. The van der Waals surface area contributed by atoms with Crippen LogP contribution in [0.1, 0.15) is 11.1 Å². The van der Waals surface area contributed by atoms with Gasteiger partial charge in [0.1, 0.15) is 0 Å². The number of hydrogen-bond acceptors (Lipinski definition) is 8.